The van der Waals surface area contributed by atoms with E-state index in [9.17, 15) is 0 Å². The average molecular weight is 266 g/mol. The van der Waals surface area contributed by atoms with Crippen molar-refractivity contribution in [2.45, 2.75) is 45.6 Å². The molecule has 0 aromatic rings. The summed E-state index contributed by atoms with van der Waals surface area (Å²) in [6.07, 6.45) is 11.0. The average Bonchev–Trinajstić information content (AvgIpc) is 2.39. The lowest BCUT2D eigenvalue weighted by Gasteiger charge is -2.04. The largest absolute Gasteiger partial charge is 0.498 e. The maximum atomic E-state index is 8.98. The molecule has 3 heteroatoms. The minimum absolute atomic E-state index is 0.0837. The van der Waals surface area contributed by atoms with Gasteiger partial charge in [-0.05, 0) is 24.8 Å². The van der Waals surface area contributed by atoms with Crippen molar-refractivity contribution < 1.29 is 14.9 Å². The molecule has 0 unspecified atom stereocenters. The van der Waals surface area contributed by atoms with Gasteiger partial charge in [0.15, 0.2) is 0 Å². The molecule has 0 aliphatic carbocycles. The Morgan fingerprint density at radius 1 is 1.16 bits per heavy atom. The molecule has 108 valence electrons. The van der Waals surface area contributed by atoms with Gasteiger partial charge in [-0.1, -0.05) is 44.6 Å². The molecule has 0 fully saturated rings. The van der Waals surface area contributed by atoms with Crippen LogP contribution in [0.3, 0.4) is 0 Å². The van der Waals surface area contributed by atoms with Gasteiger partial charge in [0.1, 0.15) is 12.7 Å². The normalized spacial score (nSPS) is 12.9. The quantitative estimate of drug-likeness (QED) is 0.383. The number of rotatable bonds is 9. The molecule has 0 aliphatic rings. The smallest absolute Gasteiger partial charge is 0.115 e. The highest BCUT2D eigenvalue weighted by Gasteiger charge is 1.98. The van der Waals surface area contributed by atoms with Crippen molar-refractivity contribution in [3.8, 4) is 11.8 Å². The molecule has 0 heterocycles. The third kappa shape index (κ3) is 14.7. The molecule has 0 aliphatic heterocycles. The van der Waals surface area contributed by atoms with Gasteiger partial charge in [0.25, 0.3) is 0 Å². The van der Waals surface area contributed by atoms with Crippen molar-refractivity contribution in [1.29, 1.82) is 0 Å². The Labute approximate surface area is 117 Å². The van der Waals surface area contributed by atoms with Gasteiger partial charge in [-0.15, -0.1) is 0 Å². The highest BCUT2D eigenvalue weighted by atomic mass is 16.5. The molecule has 0 rings (SSSR count). The lowest BCUT2D eigenvalue weighted by atomic mass is 10.1. The Bertz CT molecular complexity index is 308. The number of allylic oxidation sites excluding steroid dienone is 3. The van der Waals surface area contributed by atoms with E-state index in [1.54, 1.807) is 6.08 Å². The molecule has 0 spiro atoms. The highest BCUT2D eigenvalue weighted by molar-refractivity contribution is 5.22. The van der Waals surface area contributed by atoms with Crippen LogP contribution in [0, 0.1) is 17.8 Å². The molecule has 0 saturated carbocycles. The van der Waals surface area contributed by atoms with E-state index in [2.05, 4.69) is 31.8 Å². The first-order chi connectivity index (χ1) is 9.16. The molecular formula is C16H26O3. The summed E-state index contributed by atoms with van der Waals surface area (Å²) in [7, 11) is 0. The molecule has 0 aromatic carbocycles. The van der Waals surface area contributed by atoms with E-state index in [1.165, 1.54) is 25.5 Å². The predicted octanol–water partition coefficient (Wildman–Crippen LogP) is 2.65. The van der Waals surface area contributed by atoms with Crippen molar-refractivity contribution in [1.82, 2.24) is 0 Å². The van der Waals surface area contributed by atoms with Crippen molar-refractivity contribution in [2.75, 3.05) is 13.2 Å². The van der Waals surface area contributed by atoms with E-state index in [0.717, 1.165) is 12.3 Å². The fraction of sp³-hybridized carbons (Fsp3) is 0.625. The summed E-state index contributed by atoms with van der Waals surface area (Å²) in [5.74, 6) is 6.47. The summed E-state index contributed by atoms with van der Waals surface area (Å²) in [5, 5.41) is 17.5. The molecule has 1 atom stereocenters. The lowest BCUT2D eigenvalue weighted by Crippen LogP contribution is -2.17. The number of unbranched alkanes of at least 4 members (excludes halogenated alkanes) is 2. The summed E-state index contributed by atoms with van der Waals surface area (Å²) in [6, 6.07) is 0. The Hall–Kier alpha value is -1.24. The molecule has 19 heavy (non-hydrogen) atoms. The zero-order valence-electron chi connectivity index (χ0n) is 12.0. The molecule has 3 nitrogen and oxygen atoms in total. The summed E-state index contributed by atoms with van der Waals surface area (Å²) in [6.45, 7) is 4.28. The van der Waals surface area contributed by atoms with Crippen molar-refractivity contribution in [2.24, 2.45) is 5.92 Å². The maximum Gasteiger partial charge on any atom is 0.115 e. The third-order valence-electron chi connectivity index (χ3n) is 2.43. The van der Waals surface area contributed by atoms with Crippen LogP contribution in [0.4, 0.5) is 0 Å². The zero-order chi connectivity index (χ0) is 14.3. The van der Waals surface area contributed by atoms with Gasteiger partial charge in [0, 0.05) is 6.08 Å². The van der Waals surface area contributed by atoms with E-state index in [-0.39, 0.29) is 13.2 Å². The van der Waals surface area contributed by atoms with E-state index in [4.69, 9.17) is 14.9 Å². The Kier molecular flexibility index (Phi) is 12.3. The SMILES string of the molecule is CC(C)CCCCC=CC#CC=COC[C@@H](O)CO. The first-order valence-electron chi connectivity index (χ1n) is 6.88. The van der Waals surface area contributed by atoms with Gasteiger partial charge in [-0.3, -0.25) is 0 Å². The molecule has 0 saturated heterocycles. The second-order valence-corrected chi connectivity index (χ2v) is 4.84. The van der Waals surface area contributed by atoms with Gasteiger partial charge >= 0.3 is 0 Å². The number of aliphatic hydroxyl groups is 2. The van der Waals surface area contributed by atoms with E-state index >= 15 is 0 Å². The molecule has 0 aromatic heterocycles. The first kappa shape index (κ1) is 17.8. The van der Waals surface area contributed by atoms with Crippen molar-refractivity contribution >= 4 is 0 Å². The van der Waals surface area contributed by atoms with Crippen LogP contribution >= 0.6 is 0 Å². The summed E-state index contributed by atoms with van der Waals surface area (Å²) in [4.78, 5) is 0. The second-order valence-electron chi connectivity index (χ2n) is 4.84. The third-order valence-corrected chi connectivity index (χ3v) is 2.43. The molecule has 0 amide bonds. The fourth-order valence-electron chi connectivity index (χ4n) is 1.35. The first-order valence-corrected chi connectivity index (χ1v) is 6.88. The Morgan fingerprint density at radius 3 is 2.58 bits per heavy atom. The van der Waals surface area contributed by atoms with E-state index < -0.39 is 6.10 Å². The van der Waals surface area contributed by atoms with Crippen LogP contribution in [0.2, 0.25) is 0 Å². The van der Waals surface area contributed by atoms with Gasteiger partial charge in [0.2, 0.25) is 0 Å². The van der Waals surface area contributed by atoms with Gasteiger partial charge in [0.05, 0.1) is 12.9 Å². The molecule has 0 radical (unpaired) electrons. The molecule has 2 N–H and O–H groups in total. The number of ether oxygens (including phenoxy) is 1. The topological polar surface area (TPSA) is 49.7 Å². The van der Waals surface area contributed by atoms with Crippen LogP contribution in [0.5, 0.6) is 0 Å². The predicted molar refractivity (Wildman–Crippen MR) is 78.4 cm³/mol. The number of hydrogen-bond donors (Lipinski definition) is 2. The number of hydrogen-bond acceptors (Lipinski definition) is 3. The van der Waals surface area contributed by atoms with Crippen LogP contribution in [0.15, 0.2) is 24.5 Å². The zero-order valence-corrected chi connectivity index (χ0v) is 12.0. The van der Waals surface area contributed by atoms with E-state index in [0.29, 0.717) is 0 Å². The summed E-state index contributed by atoms with van der Waals surface area (Å²) < 4.78 is 4.95. The minimum atomic E-state index is -0.830. The summed E-state index contributed by atoms with van der Waals surface area (Å²) in [5.41, 5.74) is 0. The van der Waals surface area contributed by atoms with Gasteiger partial charge in [-0.25, -0.2) is 0 Å². The van der Waals surface area contributed by atoms with E-state index in [1.807, 2.05) is 6.08 Å². The molecule has 0 bridgehead atoms. The van der Waals surface area contributed by atoms with Crippen LogP contribution in [0.1, 0.15) is 39.5 Å². The maximum absolute atomic E-state index is 8.98. The van der Waals surface area contributed by atoms with Crippen LogP contribution < -0.4 is 0 Å². The second kappa shape index (κ2) is 13.2. The minimum Gasteiger partial charge on any atom is -0.498 e. The van der Waals surface area contributed by atoms with Crippen molar-refractivity contribution in [3.05, 3.63) is 24.5 Å². The Morgan fingerprint density at radius 2 is 1.89 bits per heavy atom. The van der Waals surface area contributed by atoms with Gasteiger partial charge < -0.3 is 14.9 Å². The highest BCUT2D eigenvalue weighted by Crippen LogP contribution is 2.07. The lowest BCUT2D eigenvalue weighted by molar-refractivity contribution is 0.0385. The van der Waals surface area contributed by atoms with Crippen LogP contribution in [-0.2, 0) is 4.74 Å². The standard InChI is InChI=1S/C16H26O3/c1-15(2)11-9-7-5-3-4-6-8-10-12-19-14-16(18)13-17/h3-4,10,12,15-18H,5,7,9,11,13-14H2,1-2H3/t16-/m0/s1. The fourth-order valence-corrected chi connectivity index (χ4v) is 1.35. The van der Waals surface area contributed by atoms with Crippen molar-refractivity contribution in [3.63, 3.8) is 0 Å². The van der Waals surface area contributed by atoms with Crippen LogP contribution in [-0.4, -0.2) is 29.5 Å². The summed E-state index contributed by atoms with van der Waals surface area (Å²) >= 11 is 0. The van der Waals surface area contributed by atoms with Crippen LogP contribution in [0.25, 0.3) is 0 Å². The Balaban J connectivity index is 3.49. The number of aliphatic hydroxyl groups excluding tert-OH is 2. The van der Waals surface area contributed by atoms with Gasteiger partial charge in [-0.2, -0.15) is 0 Å². The monoisotopic (exact) mass is 266 g/mol. The molecular weight excluding hydrogens is 240 g/mol.